The van der Waals surface area contributed by atoms with E-state index in [1.165, 1.54) is 6.08 Å². The molecule has 4 nitrogen and oxygen atoms in total. The van der Waals surface area contributed by atoms with Crippen LogP contribution in [0.15, 0.2) is 12.7 Å². The molecule has 9 heavy (non-hydrogen) atoms. The molecule has 0 atom stereocenters. The predicted molar refractivity (Wildman–Crippen MR) is 32.6 cm³/mol. The third kappa shape index (κ3) is 2.48. The van der Waals surface area contributed by atoms with Crippen LogP contribution in [-0.2, 0) is 4.79 Å². The van der Waals surface area contributed by atoms with E-state index in [1.54, 1.807) is 0 Å². The second-order valence-corrected chi connectivity index (χ2v) is 1.38. The van der Waals surface area contributed by atoms with Crippen molar-refractivity contribution >= 4 is 12.4 Å². The molecule has 0 aromatic heterocycles. The van der Waals surface area contributed by atoms with Crippen molar-refractivity contribution in [1.82, 2.24) is 4.90 Å². The lowest BCUT2D eigenvalue weighted by molar-refractivity contribution is -0.115. The van der Waals surface area contributed by atoms with Crippen LogP contribution in [0.4, 0.5) is 4.79 Å². The van der Waals surface area contributed by atoms with Gasteiger partial charge in [0.1, 0.15) is 0 Å². The average Bonchev–Trinajstić information content (AvgIpc) is 1.82. The summed E-state index contributed by atoms with van der Waals surface area (Å²) in [7, 11) is 0. The Morgan fingerprint density at radius 3 is 2.44 bits per heavy atom. The molecule has 0 radical (unpaired) electrons. The summed E-state index contributed by atoms with van der Waals surface area (Å²) in [5.41, 5.74) is 4.74. The van der Waals surface area contributed by atoms with Crippen molar-refractivity contribution in [3.05, 3.63) is 12.7 Å². The molecule has 0 unspecified atom stereocenters. The first-order chi connectivity index (χ1) is 4.22. The van der Waals surface area contributed by atoms with Gasteiger partial charge in [0, 0.05) is 6.54 Å². The minimum atomic E-state index is -0.759. The fraction of sp³-hybridized carbons (Fsp3) is 0.200. The molecule has 0 aliphatic rings. The Morgan fingerprint density at radius 1 is 1.78 bits per heavy atom. The van der Waals surface area contributed by atoms with Gasteiger partial charge in [0.05, 0.1) is 0 Å². The molecule has 3 amide bonds. The molecule has 0 fully saturated rings. The number of hydrogen-bond acceptors (Lipinski definition) is 2. The third-order valence-electron chi connectivity index (χ3n) is 0.736. The maximum Gasteiger partial charge on any atom is 0.321 e. The molecule has 0 heterocycles. The summed E-state index contributed by atoms with van der Waals surface area (Å²) >= 11 is 0. The maximum atomic E-state index is 10.2. The highest BCUT2D eigenvalue weighted by Gasteiger charge is 2.02. The van der Waals surface area contributed by atoms with Crippen LogP contribution in [0.1, 0.15) is 0 Å². The Morgan fingerprint density at radius 2 is 2.33 bits per heavy atom. The zero-order valence-corrected chi connectivity index (χ0v) is 4.91. The van der Waals surface area contributed by atoms with Crippen molar-refractivity contribution in [3.8, 4) is 0 Å². The number of nitrogens with two attached hydrogens (primary N) is 1. The molecule has 0 saturated carbocycles. The number of primary amides is 1. The van der Waals surface area contributed by atoms with Crippen molar-refractivity contribution in [3.63, 3.8) is 0 Å². The molecule has 0 aromatic carbocycles. The number of carbonyl (C=O) groups is 2. The minimum absolute atomic E-state index is 0.166. The summed E-state index contributed by atoms with van der Waals surface area (Å²) in [5.74, 6) is 0. The first kappa shape index (κ1) is 7.68. The summed E-state index contributed by atoms with van der Waals surface area (Å²) in [6.45, 7) is 3.49. The van der Waals surface area contributed by atoms with Gasteiger partial charge in [-0.05, 0) is 0 Å². The van der Waals surface area contributed by atoms with E-state index >= 15 is 0 Å². The van der Waals surface area contributed by atoms with E-state index in [1.807, 2.05) is 0 Å². The quantitative estimate of drug-likeness (QED) is 0.419. The van der Waals surface area contributed by atoms with Crippen molar-refractivity contribution in [2.24, 2.45) is 5.73 Å². The van der Waals surface area contributed by atoms with Crippen molar-refractivity contribution < 1.29 is 9.59 Å². The van der Waals surface area contributed by atoms with E-state index < -0.39 is 6.03 Å². The second-order valence-electron chi connectivity index (χ2n) is 1.38. The van der Waals surface area contributed by atoms with Crippen LogP contribution in [0.3, 0.4) is 0 Å². The zero-order chi connectivity index (χ0) is 7.28. The summed E-state index contributed by atoms with van der Waals surface area (Å²) in [4.78, 5) is 20.9. The molecular weight excluding hydrogens is 120 g/mol. The predicted octanol–water partition coefficient (Wildman–Crippen LogP) is -0.290. The lowest BCUT2D eigenvalue weighted by Crippen LogP contribution is -2.34. The monoisotopic (exact) mass is 128 g/mol. The highest BCUT2D eigenvalue weighted by Crippen LogP contribution is 1.79. The Kier molecular flexibility index (Phi) is 3.12. The van der Waals surface area contributed by atoms with Crippen LogP contribution in [-0.4, -0.2) is 23.9 Å². The molecule has 0 aliphatic carbocycles. The van der Waals surface area contributed by atoms with Crippen molar-refractivity contribution in [2.75, 3.05) is 6.54 Å². The zero-order valence-electron chi connectivity index (χ0n) is 4.91. The van der Waals surface area contributed by atoms with E-state index in [0.29, 0.717) is 6.41 Å². The summed E-state index contributed by atoms with van der Waals surface area (Å²) < 4.78 is 0. The van der Waals surface area contributed by atoms with Crippen LogP contribution in [0, 0.1) is 0 Å². The third-order valence-corrected chi connectivity index (χ3v) is 0.736. The summed E-state index contributed by atoms with van der Waals surface area (Å²) in [5, 5.41) is 0. The standard InChI is InChI=1S/C5H8N2O2/c1-2-3-7(4-8)5(6)9/h2,4H,1,3H2,(H2,6,9). The summed E-state index contributed by atoms with van der Waals surface area (Å²) in [6, 6.07) is -0.759. The van der Waals surface area contributed by atoms with Gasteiger partial charge in [-0.3, -0.25) is 9.69 Å². The van der Waals surface area contributed by atoms with Gasteiger partial charge in [0.25, 0.3) is 0 Å². The first-order valence-electron chi connectivity index (χ1n) is 2.34. The highest BCUT2D eigenvalue weighted by atomic mass is 16.2. The van der Waals surface area contributed by atoms with E-state index in [2.05, 4.69) is 6.58 Å². The van der Waals surface area contributed by atoms with Gasteiger partial charge in [-0.1, -0.05) is 6.08 Å². The molecule has 0 rings (SSSR count). The fourth-order valence-electron chi connectivity index (χ4n) is 0.324. The van der Waals surface area contributed by atoms with Gasteiger partial charge in [-0.25, -0.2) is 4.79 Å². The van der Waals surface area contributed by atoms with Crippen molar-refractivity contribution in [1.29, 1.82) is 0 Å². The molecular formula is C5H8N2O2. The molecule has 0 aliphatic heterocycles. The Bertz CT molecular complexity index is 133. The van der Waals surface area contributed by atoms with Crippen molar-refractivity contribution in [2.45, 2.75) is 0 Å². The maximum absolute atomic E-state index is 10.2. The number of imide groups is 1. The largest absolute Gasteiger partial charge is 0.351 e. The number of hydrogen-bond donors (Lipinski definition) is 1. The van der Waals surface area contributed by atoms with Crippen LogP contribution in [0.5, 0.6) is 0 Å². The van der Waals surface area contributed by atoms with E-state index in [0.717, 1.165) is 4.90 Å². The van der Waals surface area contributed by atoms with Gasteiger partial charge < -0.3 is 5.73 Å². The molecule has 0 bridgehead atoms. The fourth-order valence-corrected chi connectivity index (χ4v) is 0.324. The van der Waals surface area contributed by atoms with Gasteiger partial charge >= 0.3 is 6.03 Å². The molecule has 2 N–H and O–H groups in total. The lowest BCUT2D eigenvalue weighted by atomic mass is 10.6. The Balaban J connectivity index is 3.81. The van der Waals surface area contributed by atoms with E-state index in [-0.39, 0.29) is 6.54 Å². The van der Waals surface area contributed by atoms with Gasteiger partial charge in [-0.15, -0.1) is 6.58 Å². The second kappa shape index (κ2) is 3.65. The Hall–Kier alpha value is -1.32. The molecule has 50 valence electrons. The molecule has 4 heteroatoms. The van der Waals surface area contributed by atoms with Gasteiger partial charge in [0.2, 0.25) is 6.41 Å². The van der Waals surface area contributed by atoms with Gasteiger partial charge in [-0.2, -0.15) is 0 Å². The lowest BCUT2D eigenvalue weighted by Gasteiger charge is -2.06. The van der Waals surface area contributed by atoms with Crippen LogP contribution >= 0.6 is 0 Å². The SMILES string of the molecule is C=CCN(C=O)C(N)=O. The molecule has 0 spiro atoms. The average molecular weight is 128 g/mol. The van der Waals surface area contributed by atoms with Crippen LogP contribution < -0.4 is 5.73 Å². The first-order valence-corrected chi connectivity index (χ1v) is 2.34. The highest BCUT2D eigenvalue weighted by molar-refractivity contribution is 5.83. The Labute approximate surface area is 52.9 Å². The number of nitrogens with zero attached hydrogens (tertiary/aromatic N) is 1. The molecule has 0 saturated heterocycles. The number of rotatable bonds is 3. The summed E-state index contributed by atoms with van der Waals surface area (Å²) in [6.07, 6.45) is 1.78. The topological polar surface area (TPSA) is 63.4 Å². The number of amides is 3. The van der Waals surface area contributed by atoms with E-state index in [9.17, 15) is 9.59 Å². The minimum Gasteiger partial charge on any atom is -0.351 e. The number of urea groups is 1. The van der Waals surface area contributed by atoms with Crippen LogP contribution in [0.25, 0.3) is 0 Å². The van der Waals surface area contributed by atoms with E-state index in [4.69, 9.17) is 5.73 Å². The number of carbonyl (C=O) groups excluding carboxylic acids is 2. The smallest absolute Gasteiger partial charge is 0.321 e. The van der Waals surface area contributed by atoms with Crippen LogP contribution in [0.2, 0.25) is 0 Å². The molecule has 0 aromatic rings. The normalized spacial score (nSPS) is 8.00. The van der Waals surface area contributed by atoms with Gasteiger partial charge in [0.15, 0.2) is 0 Å².